The number of hydrogen-bond acceptors (Lipinski definition) is 6. The van der Waals surface area contributed by atoms with Crippen molar-refractivity contribution in [2.75, 3.05) is 47.9 Å². The van der Waals surface area contributed by atoms with Crippen molar-refractivity contribution in [1.29, 1.82) is 0 Å². The number of amides is 1. The third-order valence-electron chi connectivity index (χ3n) is 5.92. The van der Waals surface area contributed by atoms with Crippen LogP contribution >= 0.6 is 11.6 Å². The van der Waals surface area contributed by atoms with Gasteiger partial charge in [-0.05, 0) is 69.0 Å². The maximum Gasteiger partial charge on any atom is 0.258 e. The zero-order valence-electron chi connectivity index (χ0n) is 21.0. The van der Waals surface area contributed by atoms with E-state index in [0.29, 0.717) is 52.9 Å². The van der Waals surface area contributed by atoms with Crippen LogP contribution in [0.4, 0.5) is 17.1 Å². The Kier molecular flexibility index (Phi) is 8.16. The van der Waals surface area contributed by atoms with Gasteiger partial charge in [-0.2, -0.15) is 0 Å². The Morgan fingerprint density at radius 1 is 1.03 bits per heavy atom. The molecule has 0 aliphatic carbocycles. The molecule has 37 heavy (non-hydrogen) atoms. The molecular weight excluding hydrogens is 510 g/mol. The lowest BCUT2D eigenvalue weighted by molar-refractivity contribution is -0.110. The van der Waals surface area contributed by atoms with Gasteiger partial charge in [0, 0.05) is 47.3 Å². The third-order valence-corrected chi connectivity index (χ3v) is 8.14. The molecule has 1 aliphatic heterocycles. The van der Waals surface area contributed by atoms with Crippen molar-refractivity contribution in [3.05, 3.63) is 83.1 Å². The number of sulfonamides is 1. The van der Waals surface area contributed by atoms with Crippen LogP contribution in [-0.2, 0) is 14.8 Å². The van der Waals surface area contributed by atoms with E-state index in [-0.39, 0.29) is 11.7 Å². The van der Waals surface area contributed by atoms with Gasteiger partial charge < -0.3 is 15.5 Å². The Morgan fingerprint density at radius 2 is 1.73 bits per heavy atom. The highest BCUT2D eigenvalue weighted by Gasteiger charge is 2.29. The standard InChI is InChI=1S/C27H30ClN5O3S/c1-4-17-37(35,36)33(16-15-32(2)3)22-8-6-21(7-9-22)30-26(19-11-13-29-14-12-19)25-23-10-5-20(28)18-24(23)31-27(25)34/h5-14,18,30H,4,15-17H2,1-3H3,(H,31,34)/b26-25-. The molecule has 1 amide bonds. The molecule has 0 atom stereocenters. The van der Waals surface area contributed by atoms with Crippen LogP contribution in [-0.4, -0.2) is 57.1 Å². The fraction of sp³-hybridized carbons (Fsp3) is 0.259. The molecule has 0 saturated carbocycles. The average Bonchev–Trinajstić information content (AvgIpc) is 3.18. The van der Waals surface area contributed by atoms with Crippen LogP contribution < -0.4 is 14.9 Å². The summed E-state index contributed by atoms with van der Waals surface area (Å²) in [6.07, 6.45) is 3.87. The van der Waals surface area contributed by atoms with Crippen LogP contribution in [0.15, 0.2) is 67.0 Å². The van der Waals surface area contributed by atoms with E-state index < -0.39 is 10.0 Å². The highest BCUT2D eigenvalue weighted by molar-refractivity contribution is 7.92. The number of halogens is 1. The molecule has 0 radical (unpaired) electrons. The van der Waals surface area contributed by atoms with Crippen molar-refractivity contribution in [2.45, 2.75) is 13.3 Å². The number of carbonyl (C=O) groups excluding carboxylic acids is 1. The van der Waals surface area contributed by atoms with Gasteiger partial charge in [-0.25, -0.2) is 8.42 Å². The number of nitrogens with one attached hydrogen (secondary N) is 2. The Balaban J connectivity index is 1.72. The molecule has 4 rings (SSSR count). The fourth-order valence-corrected chi connectivity index (χ4v) is 5.85. The minimum Gasteiger partial charge on any atom is -0.354 e. The van der Waals surface area contributed by atoms with Crippen molar-refractivity contribution in [1.82, 2.24) is 9.88 Å². The van der Waals surface area contributed by atoms with Gasteiger partial charge >= 0.3 is 0 Å². The first-order valence-electron chi connectivity index (χ1n) is 12.0. The van der Waals surface area contributed by atoms with Crippen LogP contribution in [0.3, 0.4) is 0 Å². The summed E-state index contributed by atoms with van der Waals surface area (Å²) in [5, 5.41) is 6.80. The van der Waals surface area contributed by atoms with Gasteiger partial charge in [0.15, 0.2) is 0 Å². The SMILES string of the molecule is CCCS(=O)(=O)N(CCN(C)C)c1ccc(N/C(=C2\C(=O)Nc3cc(Cl)ccc32)c2ccncc2)cc1. The van der Waals surface area contributed by atoms with E-state index in [1.807, 2.05) is 56.3 Å². The first kappa shape index (κ1) is 26.7. The lowest BCUT2D eigenvalue weighted by Gasteiger charge is -2.26. The van der Waals surface area contributed by atoms with E-state index in [1.54, 1.807) is 36.7 Å². The Bertz CT molecular complexity index is 1410. The second kappa shape index (κ2) is 11.3. The second-order valence-electron chi connectivity index (χ2n) is 8.99. The highest BCUT2D eigenvalue weighted by atomic mass is 35.5. The number of nitrogens with zero attached hydrogens (tertiary/aromatic N) is 3. The van der Waals surface area contributed by atoms with E-state index in [1.165, 1.54) is 4.31 Å². The third kappa shape index (κ3) is 6.12. The van der Waals surface area contributed by atoms with Crippen molar-refractivity contribution in [3.8, 4) is 0 Å². The van der Waals surface area contributed by atoms with Gasteiger partial charge in [-0.3, -0.25) is 14.1 Å². The maximum atomic E-state index is 13.0. The normalized spacial score (nSPS) is 14.4. The minimum atomic E-state index is -3.45. The zero-order chi connectivity index (χ0) is 26.6. The number of benzene rings is 2. The summed E-state index contributed by atoms with van der Waals surface area (Å²) < 4.78 is 27.4. The summed E-state index contributed by atoms with van der Waals surface area (Å²) in [6.45, 7) is 2.81. The number of carbonyl (C=O) groups is 1. The molecule has 3 aromatic rings. The fourth-order valence-electron chi connectivity index (χ4n) is 4.13. The zero-order valence-corrected chi connectivity index (χ0v) is 22.6. The summed E-state index contributed by atoms with van der Waals surface area (Å²) in [6, 6.07) is 16.1. The van der Waals surface area contributed by atoms with Crippen LogP contribution in [0, 0.1) is 0 Å². The van der Waals surface area contributed by atoms with E-state index in [2.05, 4.69) is 15.6 Å². The lowest BCUT2D eigenvalue weighted by Crippen LogP contribution is -2.38. The summed E-state index contributed by atoms with van der Waals surface area (Å²) in [7, 11) is 0.376. The Morgan fingerprint density at radius 3 is 2.38 bits per heavy atom. The molecule has 0 fully saturated rings. The highest BCUT2D eigenvalue weighted by Crippen LogP contribution is 2.38. The number of anilines is 3. The van der Waals surface area contributed by atoms with Gasteiger partial charge in [0.05, 0.1) is 28.4 Å². The Hall–Kier alpha value is -3.40. The van der Waals surface area contributed by atoms with Crippen molar-refractivity contribution >= 4 is 55.9 Å². The predicted molar refractivity (Wildman–Crippen MR) is 151 cm³/mol. The van der Waals surface area contributed by atoms with Gasteiger partial charge in [0.1, 0.15) is 0 Å². The summed E-state index contributed by atoms with van der Waals surface area (Å²) in [5.74, 6) is -0.161. The molecule has 2 aromatic carbocycles. The van der Waals surface area contributed by atoms with Crippen molar-refractivity contribution in [2.24, 2.45) is 0 Å². The summed E-state index contributed by atoms with van der Waals surface area (Å²) >= 11 is 6.14. The van der Waals surface area contributed by atoms with Crippen LogP contribution in [0.1, 0.15) is 24.5 Å². The average molecular weight is 540 g/mol. The van der Waals surface area contributed by atoms with E-state index in [0.717, 1.165) is 11.1 Å². The molecule has 0 unspecified atom stereocenters. The van der Waals surface area contributed by atoms with Crippen molar-refractivity contribution < 1.29 is 13.2 Å². The van der Waals surface area contributed by atoms with Gasteiger partial charge in [0.2, 0.25) is 10.0 Å². The smallest absolute Gasteiger partial charge is 0.258 e. The van der Waals surface area contributed by atoms with Gasteiger partial charge in [-0.15, -0.1) is 0 Å². The number of fused-ring (bicyclic) bond motifs is 1. The molecule has 2 N–H and O–H groups in total. The molecule has 1 aliphatic rings. The van der Waals surface area contributed by atoms with Crippen LogP contribution in [0.2, 0.25) is 5.02 Å². The Labute approximate surface area is 223 Å². The number of likely N-dealkylation sites (N-methyl/N-ethyl adjacent to an activating group) is 1. The predicted octanol–water partition coefficient (Wildman–Crippen LogP) is 4.78. The number of aromatic nitrogens is 1. The van der Waals surface area contributed by atoms with Gasteiger partial charge in [0.25, 0.3) is 5.91 Å². The molecule has 2 heterocycles. The largest absolute Gasteiger partial charge is 0.354 e. The van der Waals surface area contributed by atoms with E-state index in [4.69, 9.17) is 11.6 Å². The molecule has 10 heteroatoms. The molecular formula is C27H30ClN5O3S. The monoisotopic (exact) mass is 539 g/mol. The molecule has 0 saturated heterocycles. The van der Waals surface area contributed by atoms with Gasteiger partial charge in [-0.1, -0.05) is 24.6 Å². The van der Waals surface area contributed by atoms with E-state index >= 15 is 0 Å². The minimum absolute atomic E-state index is 0.0806. The maximum absolute atomic E-state index is 13.0. The number of hydrogen-bond donors (Lipinski definition) is 2. The molecule has 1 aromatic heterocycles. The summed E-state index contributed by atoms with van der Waals surface area (Å²) in [5.41, 5.74) is 4.57. The first-order valence-corrected chi connectivity index (χ1v) is 14.0. The molecule has 0 bridgehead atoms. The van der Waals surface area contributed by atoms with Crippen molar-refractivity contribution in [3.63, 3.8) is 0 Å². The number of pyridine rings is 1. The summed E-state index contributed by atoms with van der Waals surface area (Å²) in [4.78, 5) is 19.1. The lowest BCUT2D eigenvalue weighted by atomic mass is 10.0. The molecule has 0 spiro atoms. The topological polar surface area (TPSA) is 94.6 Å². The van der Waals surface area contributed by atoms with Crippen LogP contribution in [0.5, 0.6) is 0 Å². The quantitative estimate of drug-likeness (QED) is 0.360. The second-order valence-corrected chi connectivity index (χ2v) is 11.4. The van der Waals surface area contributed by atoms with E-state index in [9.17, 15) is 13.2 Å². The molecule has 8 nitrogen and oxygen atoms in total. The van der Waals surface area contributed by atoms with Crippen LogP contribution in [0.25, 0.3) is 11.3 Å². The number of rotatable bonds is 10. The first-order chi connectivity index (χ1) is 17.7. The molecule has 194 valence electrons.